The Balaban J connectivity index is 1.91. The Kier molecular flexibility index (Phi) is 3.06. The summed E-state index contributed by atoms with van der Waals surface area (Å²) in [6.45, 7) is 4.79. The molecule has 2 nitrogen and oxygen atoms in total. The summed E-state index contributed by atoms with van der Waals surface area (Å²) in [7, 11) is 0. The molecule has 98 valence electrons. The van der Waals surface area contributed by atoms with Crippen LogP contribution in [0.4, 0.5) is 5.69 Å². The molecule has 3 rings (SSSR count). The number of hydrogen-bond acceptors (Lipinski definition) is 2. The molecule has 1 aromatic carbocycles. The van der Waals surface area contributed by atoms with Crippen LogP contribution in [0.5, 0.6) is 0 Å². The number of likely N-dealkylation sites (tertiary alicyclic amines) is 1. The van der Waals surface area contributed by atoms with Crippen molar-refractivity contribution in [2.24, 2.45) is 0 Å². The van der Waals surface area contributed by atoms with Gasteiger partial charge in [-0.25, -0.2) is 0 Å². The van der Waals surface area contributed by atoms with Crippen LogP contribution in [0, 0.1) is 0 Å². The molecule has 2 N–H and O–H groups in total. The number of aryl methyl sites for hydroxylation is 1. The van der Waals surface area contributed by atoms with Crippen molar-refractivity contribution in [2.75, 3.05) is 5.73 Å². The average Bonchev–Trinajstić information content (AvgIpc) is 2.72. The van der Waals surface area contributed by atoms with E-state index in [4.69, 9.17) is 5.73 Å². The minimum atomic E-state index is 0.630. The summed E-state index contributed by atoms with van der Waals surface area (Å²) in [5.41, 5.74) is 9.82. The molecule has 1 aliphatic heterocycles. The summed E-state index contributed by atoms with van der Waals surface area (Å²) >= 11 is 0. The summed E-state index contributed by atoms with van der Waals surface area (Å²) < 4.78 is 0. The molecule has 0 saturated carbocycles. The van der Waals surface area contributed by atoms with Crippen LogP contribution in [-0.4, -0.2) is 17.0 Å². The van der Waals surface area contributed by atoms with Crippen LogP contribution in [-0.2, 0) is 6.42 Å². The molecule has 1 saturated heterocycles. The van der Waals surface area contributed by atoms with Crippen LogP contribution in [0.1, 0.15) is 56.7 Å². The van der Waals surface area contributed by atoms with Gasteiger partial charge in [-0.15, -0.1) is 0 Å². The van der Waals surface area contributed by atoms with Gasteiger partial charge in [-0.2, -0.15) is 0 Å². The third-order valence-electron chi connectivity index (χ3n) is 4.83. The average molecular weight is 244 g/mol. The Bertz CT molecular complexity index is 431. The van der Waals surface area contributed by atoms with Gasteiger partial charge >= 0.3 is 0 Å². The molecule has 0 radical (unpaired) electrons. The van der Waals surface area contributed by atoms with Gasteiger partial charge < -0.3 is 5.73 Å². The van der Waals surface area contributed by atoms with Crippen molar-refractivity contribution in [1.82, 2.24) is 4.90 Å². The van der Waals surface area contributed by atoms with Crippen molar-refractivity contribution < 1.29 is 0 Å². The SMILES string of the molecule is C[C@@H]1CCC[C@H](C)N1C1CCc2cc(N)ccc21. The number of nitrogens with two attached hydrogens (primary N) is 1. The fourth-order valence-electron chi connectivity index (χ4n) is 3.98. The molecule has 1 fully saturated rings. The van der Waals surface area contributed by atoms with Gasteiger partial charge in [0.2, 0.25) is 0 Å². The molecule has 1 unspecified atom stereocenters. The second-order valence-corrected chi connectivity index (χ2v) is 6.09. The Morgan fingerprint density at radius 2 is 1.83 bits per heavy atom. The standard InChI is InChI=1S/C16H24N2/c1-11-4-3-5-12(2)18(11)16-9-6-13-10-14(17)7-8-15(13)16/h7-8,10-12,16H,3-6,9,17H2,1-2H3/t11-,12+,16?. The first-order chi connectivity index (χ1) is 8.66. The van der Waals surface area contributed by atoms with Crippen LogP contribution in [0.2, 0.25) is 0 Å². The number of benzene rings is 1. The van der Waals surface area contributed by atoms with Gasteiger partial charge in [0.25, 0.3) is 0 Å². The van der Waals surface area contributed by atoms with Crippen molar-refractivity contribution in [3.05, 3.63) is 29.3 Å². The monoisotopic (exact) mass is 244 g/mol. The number of hydrogen-bond donors (Lipinski definition) is 1. The molecule has 0 aromatic heterocycles. The van der Waals surface area contributed by atoms with Crippen LogP contribution in [0.15, 0.2) is 18.2 Å². The highest BCUT2D eigenvalue weighted by Crippen LogP contribution is 2.41. The second kappa shape index (κ2) is 4.58. The van der Waals surface area contributed by atoms with Crippen molar-refractivity contribution in [3.8, 4) is 0 Å². The van der Waals surface area contributed by atoms with E-state index in [0.29, 0.717) is 6.04 Å². The number of nitrogen functional groups attached to an aromatic ring is 1. The third-order valence-corrected chi connectivity index (χ3v) is 4.83. The van der Waals surface area contributed by atoms with Gasteiger partial charge in [0, 0.05) is 23.8 Å². The summed E-state index contributed by atoms with van der Waals surface area (Å²) in [5, 5.41) is 0. The number of rotatable bonds is 1. The molecule has 0 bridgehead atoms. The Morgan fingerprint density at radius 3 is 2.56 bits per heavy atom. The first-order valence-corrected chi connectivity index (χ1v) is 7.32. The number of fused-ring (bicyclic) bond motifs is 1. The molecule has 3 atom stereocenters. The third kappa shape index (κ3) is 1.93. The van der Waals surface area contributed by atoms with E-state index in [0.717, 1.165) is 17.8 Å². The maximum absolute atomic E-state index is 5.90. The zero-order valence-corrected chi connectivity index (χ0v) is 11.5. The second-order valence-electron chi connectivity index (χ2n) is 6.09. The molecule has 18 heavy (non-hydrogen) atoms. The van der Waals surface area contributed by atoms with E-state index in [-0.39, 0.29) is 0 Å². The molecule has 0 amide bonds. The minimum absolute atomic E-state index is 0.630. The van der Waals surface area contributed by atoms with Crippen molar-refractivity contribution in [3.63, 3.8) is 0 Å². The maximum atomic E-state index is 5.90. The molecule has 1 aromatic rings. The molecule has 2 aliphatic rings. The Hall–Kier alpha value is -1.02. The number of nitrogens with zero attached hydrogens (tertiary/aromatic N) is 1. The quantitative estimate of drug-likeness (QED) is 0.766. The summed E-state index contributed by atoms with van der Waals surface area (Å²) in [4.78, 5) is 2.76. The van der Waals surface area contributed by atoms with E-state index in [9.17, 15) is 0 Å². The van der Waals surface area contributed by atoms with Gasteiger partial charge in [-0.05, 0) is 62.8 Å². The lowest BCUT2D eigenvalue weighted by Gasteiger charge is -2.43. The predicted molar refractivity (Wildman–Crippen MR) is 76.5 cm³/mol. The molecule has 0 spiro atoms. The van der Waals surface area contributed by atoms with E-state index in [2.05, 4.69) is 36.9 Å². The predicted octanol–water partition coefficient (Wildman–Crippen LogP) is 3.52. The topological polar surface area (TPSA) is 29.3 Å². The van der Waals surface area contributed by atoms with Crippen LogP contribution in [0.3, 0.4) is 0 Å². The maximum Gasteiger partial charge on any atom is 0.0359 e. The van der Waals surface area contributed by atoms with E-state index in [1.807, 2.05) is 0 Å². The van der Waals surface area contributed by atoms with E-state index < -0.39 is 0 Å². The smallest absolute Gasteiger partial charge is 0.0359 e. The fourth-order valence-corrected chi connectivity index (χ4v) is 3.98. The summed E-state index contributed by atoms with van der Waals surface area (Å²) in [6, 6.07) is 8.58. The van der Waals surface area contributed by atoms with Crippen LogP contribution in [0.25, 0.3) is 0 Å². The first kappa shape index (κ1) is 12.0. The zero-order valence-electron chi connectivity index (χ0n) is 11.5. The van der Waals surface area contributed by atoms with Gasteiger partial charge in [0.15, 0.2) is 0 Å². The van der Waals surface area contributed by atoms with Gasteiger partial charge in [0.05, 0.1) is 0 Å². The molecular weight excluding hydrogens is 220 g/mol. The summed E-state index contributed by atoms with van der Waals surface area (Å²) in [6.07, 6.45) is 6.56. The molecule has 1 aliphatic carbocycles. The first-order valence-electron chi connectivity index (χ1n) is 7.32. The lowest BCUT2D eigenvalue weighted by atomic mass is 9.93. The van der Waals surface area contributed by atoms with Gasteiger partial charge in [-0.3, -0.25) is 4.90 Å². The molecule has 2 heteroatoms. The lowest BCUT2D eigenvalue weighted by molar-refractivity contribution is 0.0548. The minimum Gasteiger partial charge on any atom is -0.399 e. The van der Waals surface area contributed by atoms with Crippen LogP contribution >= 0.6 is 0 Å². The highest BCUT2D eigenvalue weighted by atomic mass is 15.2. The van der Waals surface area contributed by atoms with Crippen LogP contribution < -0.4 is 5.73 Å². The van der Waals surface area contributed by atoms with Gasteiger partial charge in [0.1, 0.15) is 0 Å². The Labute approximate surface area is 110 Å². The van der Waals surface area contributed by atoms with Crippen molar-refractivity contribution in [2.45, 2.75) is 64.1 Å². The number of anilines is 1. The van der Waals surface area contributed by atoms with E-state index in [1.54, 1.807) is 0 Å². The lowest BCUT2D eigenvalue weighted by Crippen LogP contribution is -2.45. The molecule has 1 heterocycles. The fraction of sp³-hybridized carbons (Fsp3) is 0.625. The van der Waals surface area contributed by atoms with Gasteiger partial charge in [-0.1, -0.05) is 12.5 Å². The highest BCUT2D eigenvalue weighted by molar-refractivity contribution is 5.47. The zero-order chi connectivity index (χ0) is 12.7. The van der Waals surface area contributed by atoms with Crippen molar-refractivity contribution >= 4 is 5.69 Å². The number of piperidine rings is 1. The summed E-state index contributed by atoms with van der Waals surface area (Å²) in [5.74, 6) is 0. The Morgan fingerprint density at radius 1 is 1.11 bits per heavy atom. The van der Waals surface area contributed by atoms with E-state index >= 15 is 0 Å². The van der Waals surface area contributed by atoms with E-state index in [1.165, 1.54) is 43.2 Å². The highest BCUT2D eigenvalue weighted by Gasteiger charge is 2.35. The van der Waals surface area contributed by atoms with Crippen molar-refractivity contribution in [1.29, 1.82) is 0 Å². The molecular formula is C16H24N2. The normalized spacial score (nSPS) is 32.4. The largest absolute Gasteiger partial charge is 0.399 e.